The Morgan fingerprint density at radius 1 is 1.09 bits per heavy atom. The number of nitrogens with two attached hydrogens (primary N) is 1. The van der Waals surface area contributed by atoms with E-state index in [4.69, 9.17) is 10.5 Å². The molecule has 0 aliphatic carbocycles. The molecule has 0 heterocycles. The van der Waals surface area contributed by atoms with Crippen molar-refractivity contribution in [3.63, 3.8) is 0 Å². The van der Waals surface area contributed by atoms with Crippen LogP contribution in [0.4, 0.5) is 10.5 Å². The van der Waals surface area contributed by atoms with E-state index < -0.39 is 29.6 Å². The van der Waals surface area contributed by atoms with Crippen LogP contribution in [0.1, 0.15) is 67.4 Å². The summed E-state index contributed by atoms with van der Waals surface area (Å²) in [7, 11) is 0. The second-order valence-electron chi connectivity index (χ2n) is 11.0. The van der Waals surface area contributed by atoms with Crippen LogP contribution in [0.2, 0.25) is 0 Å². The van der Waals surface area contributed by atoms with Gasteiger partial charge in [-0.3, -0.25) is 9.59 Å². The fourth-order valence-corrected chi connectivity index (χ4v) is 3.07. The number of anilines is 1. The summed E-state index contributed by atoms with van der Waals surface area (Å²) in [6.07, 6.45) is 0.703. The highest BCUT2D eigenvalue weighted by molar-refractivity contribution is 5.96. The second kappa shape index (κ2) is 12.1. The number of nitrogens with one attached hydrogen (secondary N) is 3. The van der Waals surface area contributed by atoms with Crippen molar-refractivity contribution in [3.05, 3.63) is 23.8 Å². The van der Waals surface area contributed by atoms with Crippen molar-refractivity contribution in [3.8, 4) is 5.75 Å². The second-order valence-corrected chi connectivity index (χ2v) is 11.0. The maximum atomic E-state index is 12.5. The monoisotopic (exact) mass is 478 g/mol. The van der Waals surface area contributed by atoms with Crippen molar-refractivity contribution >= 4 is 23.6 Å². The number of hydrogen-bond donors (Lipinski definition) is 5. The molecule has 0 fully saturated rings. The number of carbonyl (C=O) groups excluding carboxylic acids is 3. The van der Waals surface area contributed by atoms with E-state index in [1.165, 1.54) is 13.0 Å². The average molecular weight is 479 g/mol. The molecule has 34 heavy (non-hydrogen) atoms. The quantitative estimate of drug-likeness (QED) is 0.345. The molecule has 0 bridgehead atoms. The maximum absolute atomic E-state index is 12.5. The summed E-state index contributed by atoms with van der Waals surface area (Å²) in [4.78, 5) is 36.2. The maximum Gasteiger partial charge on any atom is 0.407 e. The smallest absolute Gasteiger partial charge is 0.407 e. The Kier molecular flexibility index (Phi) is 10.4. The molecule has 2 unspecified atom stereocenters. The molecular weight excluding hydrogens is 436 g/mol. The van der Waals surface area contributed by atoms with E-state index >= 15 is 0 Å². The van der Waals surface area contributed by atoms with Crippen LogP contribution in [-0.4, -0.2) is 47.2 Å². The molecule has 0 radical (unpaired) electrons. The Morgan fingerprint density at radius 3 is 2.24 bits per heavy atom. The Morgan fingerprint density at radius 2 is 1.71 bits per heavy atom. The summed E-state index contributed by atoms with van der Waals surface area (Å²) in [6.45, 7) is 15.3. The van der Waals surface area contributed by atoms with Crippen molar-refractivity contribution in [2.75, 3.05) is 11.9 Å². The predicted molar refractivity (Wildman–Crippen MR) is 133 cm³/mol. The zero-order valence-corrected chi connectivity index (χ0v) is 21.7. The Balaban J connectivity index is 2.98. The van der Waals surface area contributed by atoms with Gasteiger partial charge < -0.3 is 31.5 Å². The van der Waals surface area contributed by atoms with Gasteiger partial charge in [-0.2, -0.15) is 0 Å². The third-order valence-electron chi connectivity index (χ3n) is 5.49. The summed E-state index contributed by atoms with van der Waals surface area (Å²) >= 11 is 0. The van der Waals surface area contributed by atoms with Gasteiger partial charge in [-0.1, -0.05) is 33.8 Å². The molecular formula is C25H42N4O5. The summed E-state index contributed by atoms with van der Waals surface area (Å²) in [5, 5.41) is 18.2. The van der Waals surface area contributed by atoms with Crippen molar-refractivity contribution < 1.29 is 24.2 Å². The third kappa shape index (κ3) is 10.9. The van der Waals surface area contributed by atoms with E-state index in [1.807, 2.05) is 20.8 Å². The minimum absolute atomic E-state index is 0.0490. The molecule has 3 atom stereocenters. The van der Waals surface area contributed by atoms with Crippen LogP contribution in [0.5, 0.6) is 5.75 Å². The summed E-state index contributed by atoms with van der Waals surface area (Å²) < 4.78 is 5.44. The highest BCUT2D eigenvalue weighted by atomic mass is 16.6. The third-order valence-corrected chi connectivity index (χ3v) is 5.49. The first-order valence-electron chi connectivity index (χ1n) is 11.6. The number of rotatable bonds is 9. The Bertz CT molecular complexity index is 856. The van der Waals surface area contributed by atoms with E-state index in [1.54, 1.807) is 12.1 Å². The van der Waals surface area contributed by atoms with E-state index in [2.05, 4.69) is 43.6 Å². The number of aromatic hydroxyl groups is 1. The van der Waals surface area contributed by atoms with E-state index in [-0.39, 0.29) is 29.4 Å². The standard InChI is InChI=1S/C25H42N4O5/c1-15(24(3,4)5)11-18(28-23(33)34-25(6,7)8)12-17-9-10-20(30)19(13-17)29-21(31)14-27-22(32)16(2)26/h9-10,13,15-16,18,30H,11-12,14,26H2,1-8H3,(H,27,32)(H,28,33)(H,29,31)/t15?,16?,18-/m1/s1. The molecule has 1 aromatic carbocycles. The lowest BCUT2D eigenvalue weighted by molar-refractivity contribution is -0.124. The fourth-order valence-electron chi connectivity index (χ4n) is 3.07. The molecule has 0 aromatic heterocycles. The minimum atomic E-state index is -0.727. The van der Waals surface area contributed by atoms with Crippen LogP contribution in [0, 0.1) is 11.3 Å². The van der Waals surface area contributed by atoms with Gasteiger partial charge in [0, 0.05) is 6.04 Å². The van der Waals surface area contributed by atoms with Crippen molar-refractivity contribution in [2.45, 2.75) is 85.9 Å². The Labute approximate surface area is 203 Å². The topological polar surface area (TPSA) is 143 Å². The number of phenolic OH excluding ortho intramolecular Hbond substituents is 1. The molecule has 9 nitrogen and oxygen atoms in total. The summed E-state index contributed by atoms with van der Waals surface area (Å²) in [5.74, 6) is -0.740. The number of ether oxygens (including phenoxy) is 1. The van der Waals surface area contributed by atoms with Gasteiger partial charge >= 0.3 is 6.09 Å². The Hall–Kier alpha value is -2.81. The van der Waals surface area contributed by atoms with Crippen LogP contribution in [0.15, 0.2) is 18.2 Å². The van der Waals surface area contributed by atoms with Crippen LogP contribution in [0.3, 0.4) is 0 Å². The lowest BCUT2D eigenvalue weighted by Crippen LogP contribution is -2.42. The predicted octanol–water partition coefficient (Wildman–Crippen LogP) is 3.30. The lowest BCUT2D eigenvalue weighted by atomic mass is 9.78. The number of hydrogen-bond acceptors (Lipinski definition) is 6. The molecule has 0 saturated heterocycles. The number of benzene rings is 1. The van der Waals surface area contributed by atoms with E-state index in [0.717, 1.165) is 5.56 Å². The highest BCUT2D eigenvalue weighted by Crippen LogP contribution is 2.31. The largest absolute Gasteiger partial charge is 0.506 e. The molecule has 1 rings (SSSR count). The van der Waals surface area contributed by atoms with Crippen LogP contribution in [-0.2, 0) is 20.7 Å². The molecule has 0 saturated carbocycles. The van der Waals surface area contributed by atoms with Gasteiger partial charge in [0.2, 0.25) is 11.8 Å². The zero-order valence-electron chi connectivity index (χ0n) is 21.7. The fraction of sp³-hybridized carbons (Fsp3) is 0.640. The normalized spacial score (nSPS) is 14.5. The van der Waals surface area contributed by atoms with Gasteiger partial charge in [-0.15, -0.1) is 0 Å². The SMILES string of the molecule is CC(N)C(=O)NCC(=O)Nc1cc(C[C@@H](CC(C)C(C)(C)C)NC(=O)OC(C)(C)C)ccc1O. The van der Waals surface area contributed by atoms with Crippen molar-refractivity contribution in [2.24, 2.45) is 17.1 Å². The van der Waals surface area contributed by atoms with Crippen molar-refractivity contribution in [1.29, 1.82) is 0 Å². The van der Waals surface area contributed by atoms with Gasteiger partial charge in [0.05, 0.1) is 18.3 Å². The van der Waals surface area contributed by atoms with Crippen molar-refractivity contribution in [1.82, 2.24) is 10.6 Å². The molecule has 0 aliphatic heterocycles. The molecule has 0 spiro atoms. The number of alkyl carbamates (subject to hydrolysis) is 1. The number of amides is 3. The zero-order chi connectivity index (χ0) is 26.3. The summed E-state index contributed by atoms with van der Waals surface area (Å²) in [5.41, 5.74) is 5.94. The van der Waals surface area contributed by atoms with Crippen LogP contribution in [0.25, 0.3) is 0 Å². The first-order valence-corrected chi connectivity index (χ1v) is 11.6. The number of carbonyl (C=O) groups is 3. The molecule has 1 aromatic rings. The first kappa shape index (κ1) is 29.2. The van der Waals surface area contributed by atoms with Gasteiger partial charge in [0.1, 0.15) is 11.4 Å². The molecule has 3 amide bonds. The van der Waals surface area contributed by atoms with Gasteiger partial charge in [0.15, 0.2) is 0 Å². The highest BCUT2D eigenvalue weighted by Gasteiger charge is 2.26. The van der Waals surface area contributed by atoms with Crippen LogP contribution < -0.4 is 21.7 Å². The lowest BCUT2D eigenvalue weighted by Gasteiger charge is -2.32. The average Bonchev–Trinajstić information content (AvgIpc) is 2.66. The van der Waals surface area contributed by atoms with E-state index in [0.29, 0.717) is 18.8 Å². The molecule has 9 heteroatoms. The minimum Gasteiger partial charge on any atom is -0.506 e. The van der Waals surface area contributed by atoms with E-state index in [9.17, 15) is 19.5 Å². The first-order chi connectivity index (χ1) is 15.5. The number of phenols is 1. The van der Waals surface area contributed by atoms with Gasteiger partial charge in [0.25, 0.3) is 0 Å². The molecule has 6 N–H and O–H groups in total. The molecule has 192 valence electrons. The van der Waals surface area contributed by atoms with Gasteiger partial charge in [-0.25, -0.2) is 4.79 Å². The van der Waals surface area contributed by atoms with Gasteiger partial charge in [-0.05, 0) is 69.6 Å². The summed E-state index contributed by atoms with van der Waals surface area (Å²) in [6, 6.07) is 3.95. The molecule has 0 aliphatic rings. The van der Waals surface area contributed by atoms with Crippen LogP contribution >= 0.6 is 0 Å².